The summed E-state index contributed by atoms with van der Waals surface area (Å²) >= 11 is 0. The third-order valence-corrected chi connectivity index (χ3v) is 4.69. The Hall–Kier alpha value is -3.48. The van der Waals surface area contributed by atoms with Crippen LogP contribution in [0.4, 0.5) is 0 Å². The Morgan fingerprint density at radius 3 is 2.48 bits per heavy atom. The molecular formula is C22H24N4O3. The Morgan fingerprint density at radius 2 is 1.83 bits per heavy atom. The minimum absolute atomic E-state index is 0.0520. The van der Waals surface area contributed by atoms with Crippen molar-refractivity contribution in [3.05, 3.63) is 92.3 Å². The second-order valence-electron chi connectivity index (χ2n) is 7.04. The number of amides is 1. The summed E-state index contributed by atoms with van der Waals surface area (Å²) in [5.74, 6) is -0.590. The van der Waals surface area contributed by atoms with Gasteiger partial charge in [-0.15, -0.1) is 0 Å². The molecule has 1 N–H and O–H groups in total. The maximum absolute atomic E-state index is 13.1. The molecule has 0 aliphatic carbocycles. The molecule has 29 heavy (non-hydrogen) atoms. The van der Waals surface area contributed by atoms with Crippen LogP contribution in [-0.4, -0.2) is 26.3 Å². The first-order valence-electron chi connectivity index (χ1n) is 9.56. The van der Waals surface area contributed by atoms with E-state index in [0.717, 1.165) is 20.4 Å². The second kappa shape index (κ2) is 8.68. The average Bonchev–Trinajstić information content (AvgIpc) is 2.71. The fraction of sp³-hybridized carbons (Fsp3) is 0.273. The van der Waals surface area contributed by atoms with Crippen LogP contribution in [0.25, 0.3) is 5.69 Å². The molecule has 0 fully saturated rings. The van der Waals surface area contributed by atoms with Crippen LogP contribution in [0.15, 0.2) is 64.2 Å². The number of hydrogen-bond acceptors (Lipinski definition) is 4. The van der Waals surface area contributed by atoms with Gasteiger partial charge < -0.3 is 5.32 Å². The maximum atomic E-state index is 13.1. The predicted molar refractivity (Wildman–Crippen MR) is 112 cm³/mol. The summed E-state index contributed by atoms with van der Waals surface area (Å²) in [6.07, 6.45) is 0.710. The zero-order chi connectivity index (χ0) is 21.0. The van der Waals surface area contributed by atoms with Gasteiger partial charge in [-0.05, 0) is 43.5 Å². The molecular weight excluding hydrogens is 368 g/mol. The first kappa shape index (κ1) is 20.3. The van der Waals surface area contributed by atoms with E-state index in [1.165, 1.54) is 0 Å². The summed E-state index contributed by atoms with van der Waals surface area (Å²) in [4.78, 5) is 38.8. The van der Waals surface area contributed by atoms with Gasteiger partial charge in [0.15, 0.2) is 0 Å². The van der Waals surface area contributed by atoms with E-state index in [4.69, 9.17) is 0 Å². The van der Waals surface area contributed by atoms with Gasteiger partial charge in [0.1, 0.15) is 0 Å². The number of nitrogens with one attached hydrogen (secondary N) is 1. The zero-order valence-corrected chi connectivity index (χ0v) is 16.8. The van der Waals surface area contributed by atoms with Crippen molar-refractivity contribution in [2.75, 3.05) is 0 Å². The molecule has 2 aromatic carbocycles. The van der Waals surface area contributed by atoms with Crippen LogP contribution in [0, 0.1) is 6.92 Å². The molecule has 3 aromatic rings. The van der Waals surface area contributed by atoms with Crippen LogP contribution in [-0.2, 0) is 6.54 Å². The molecule has 0 radical (unpaired) electrons. The van der Waals surface area contributed by atoms with Crippen LogP contribution in [0.3, 0.4) is 0 Å². The standard InChI is InChI=1S/C22H24N4O3/c1-4-16(3)23-20(27)19-21(28)25(14-17-10-6-5-7-11-17)22(29)26(24-19)18-12-8-9-15(2)13-18/h5-13,16H,4,14H2,1-3H3,(H,23,27)/t16-/m0/s1. The molecule has 0 aliphatic heterocycles. The van der Waals surface area contributed by atoms with Crippen LogP contribution in [0.2, 0.25) is 0 Å². The predicted octanol–water partition coefficient (Wildman–Crippen LogP) is 2.28. The van der Waals surface area contributed by atoms with E-state index in [1.54, 1.807) is 18.2 Å². The first-order valence-corrected chi connectivity index (χ1v) is 9.56. The van der Waals surface area contributed by atoms with Gasteiger partial charge in [-0.1, -0.05) is 49.4 Å². The number of nitrogens with zero attached hydrogens (tertiary/aromatic N) is 3. The monoisotopic (exact) mass is 392 g/mol. The lowest BCUT2D eigenvalue weighted by Crippen LogP contribution is -2.47. The van der Waals surface area contributed by atoms with Crippen molar-refractivity contribution >= 4 is 5.91 Å². The molecule has 0 saturated carbocycles. The number of aryl methyl sites for hydroxylation is 1. The lowest BCUT2D eigenvalue weighted by atomic mass is 10.2. The number of benzene rings is 2. The third-order valence-electron chi connectivity index (χ3n) is 4.69. The van der Waals surface area contributed by atoms with E-state index in [1.807, 2.05) is 57.2 Å². The van der Waals surface area contributed by atoms with Gasteiger partial charge in [0.25, 0.3) is 11.5 Å². The van der Waals surface area contributed by atoms with Crippen LogP contribution in [0.5, 0.6) is 0 Å². The minimum atomic E-state index is -0.705. The second-order valence-corrected chi connectivity index (χ2v) is 7.04. The SMILES string of the molecule is CC[C@H](C)NC(=O)c1nn(-c2cccc(C)c2)c(=O)n(Cc2ccccc2)c1=O. The summed E-state index contributed by atoms with van der Waals surface area (Å²) in [7, 11) is 0. The number of rotatable bonds is 6. The largest absolute Gasteiger partial charge is 0.352 e. The highest BCUT2D eigenvalue weighted by atomic mass is 16.2. The topological polar surface area (TPSA) is 86.0 Å². The van der Waals surface area contributed by atoms with Crippen molar-refractivity contribution in [1.82, 2.24) is 19.7 Å². The van der Waals surface area contributed by atoms with Gasteiger partial charge in [0, 0.05) is 6.04 Å². The summed E-state index contributed by atoms with van der Waals surface area (Å²) in [6, 6.07) is 16.2. The lowest BCUT2D eigenvalue weighted by molar-refractivity contribution is 0.0929. The zero-order valence-electron chi connectivity index (χ0n) is 16.8. The molecule has 1 amide bonds. The van der Waals surface area contributed by atoms with Crippen molar-refractivity contribution in [2.45, 2.75) is 39.8 Å². The van der Waals surface area contributed by atoms with Crippen molar-refractivity contribution < 1.29 is 4.79 Å². The van der Waals surface area contributed by atoms with Crippen LogP contribution in [0.1, 0.15) is 41.9 Å². The molecule has 7 heteroatoms. The Kier molecular flexibility index (Phi) is 6.07. The highest BCUT2D eigenvalue weighted by Gasteiger charge is 2.21. The Labute approximate surface area is 168 Å². The number of aromatic nitrogens is 3. The molecule has 3 rings (SSSR count). The molecule has 0 saturated heterocycles. The number of carbonyl (C=O) groups is 1. The highest BCUT2D eigenvalue weighted by Crippen LogP contribution is 2.07. The van der Waals surface area contributed by atoms with Crippen molar-refractivity contribution in [2.24, 2.45) is 0 Å². The van der Waals surface area contributed by atoms with Gasteiger partial charge >= 0.3 is 5.69 Å². The van der Waals surface area contributed by atoms with Gasteiger partial charge in [-0.3, -0.25) is 14.2 Å². The lowest BCUT2D eigenvalue weighted by Gasteiger charge is -2.14. The van der Waals surface area contributed by atoms with Gasteiger partial charge in [-0.25, -0.2) is 4.79 Å². The van der Waals surface area contributed by atoms with Gasteiger partial charge in [-0.2, -0.15) is 9.78 Å². The molecule has 0 aliphatic rings. The molecule has 7 nitrogen and oxygen atoms in total. The first-order chi connectivity index (χ1) is 13.9. The quantitative estimate of drug-likeness (QED) is 0.697. The number of hydrogen-bond donors (Lipinski definition) is 1. The van der Waals surface area contributed by atoms with Crippen molar-refractivity contribution in [3.63, 3.8) is 0 Å². The summed E-state index contributed by atoms with van der Waals surface area (Å²) in [5.41, 5.74) is 0.606. The molecule has 0 spiro atoms. The van der Waals surface area contributed by atoms with E-state index in [-0.39, 0.29) is 18.3 Å². The summed E-state index contributed by atoms with van der Waals surface area (Å²) in [6.45, 7) is 5.72. The highest BCUT2D eigenvalue weighted by molar-refractivity contribution is 5.91. The van der Waals surface area contributed by atoms with Crippen molar-refractivity contribution in [1.29, 1.82) is 0 Å². The van der Waals surface area contributed by atoms with E-state index >= 15 is 0 Å². The normalized spacial score (nSPS) is 11.8. The summed E-state index contributed by atoms with van der Waals surface area (Å²) < 4.78 is 2.17. The Bertz CT molecular complexity index is 1130. The Morgan fingerprint density at radius 1 is 1.10 bits per heavy atom. The van der Waals surface area contributed by atoms with E-state index in [2.05, 4.69) is 10.4 Å². The van der Waals surface area contributed by atoms with E-state index in [9.17, 15) is 14.4 Å². The van der Waals surface area contributed by atoms with Crippen LogP contribution >= 0.6 is 0 Å². The fourth-order valence-corrected chi connectivity index (χ4v) is 2.88. The molecule has 150 valence electrons. The molecule has 0 bridgehead atoms. The average molecular weight is 392 g/mol. The Balaban J connectivity index is 2.19. The van der Waals surface area contributed by atoms with Gasteiger partial charge in [0.2, 0.25) is 5.69 Å². The third kappa shape index (κ3) is 4.51. The molecule has 1 aromatic heterocycles. The molecule has 0 unspecified atom stereocenters. The summed E-state index contributed by atoms with van der Waals surface area (Å²) in [5, 5.41) is 6.89. The van der Waals surface area contributed by atoms with Crippen molar-refractivity contribution in [3.8, 4) is 5.69 Å². The fourth-order valence-electron chi connectivity index (χ4n) is 2.88. The van der Waals surface area contributed by atoms with Crippen LogP contribution < -0.4 is 16.6 Å². The maximum Gasteiger partial charge on any atom is 0.352 e. The molecule has 1 atom stereocenters. The minimum Gasteiger partial charge on any atom is -0.348 e. The smallest absolute Gasteiger partial charge is 0.348 e. The molecule has 1 heterocycles. The van der Waals surface area contributed by atoms with Gasteiger partial charge in [0.05, 0.1) is 12.2 Å². The number of carbonyl (C=O) groups excluding carboxylic acids is 1. The van der Waals surface area contributed by atoms with E-state index in [0.29, 0.717) is 12.1 Å². The van der Waals surface area contributed by atoms with E-state index < -0.39 is 17.2 Å².